The largest absolute Gasteiger partial charge is 0.469 e. The second-order valence-corrected chi connectivity index (χ2v) is 2.31. The highest BCUT2D eigenvalue weighted by atomic mass is 16.3. The fourth-order valence-electron chi connectivity index (χ4n) is 0.923. The standard InChI is InChI=1S/C8H7N3O/c1-2-7(12-3-1)4-8-10-5-9-6-11-8/h1-3,5-6H,4H2. The Bertz CT molecular complexity index is 330. The third-order valence-corrected chi connectivity index (χ3v) is 1.46. The van der Waals surface area contributed by atoms with Crippen LogP contribution in [0.4, 0.5) is 0 Å². The highest BCUT2D eigenvalue weighted by Gasteiger charge is 1.99. The van der Waals surface area contributed by atoms with Crippen LogP contribution in [0.5, 0.6) is 0 Å². The number of nitrogens with zero attached hydrogens (tertiary/aromatic N) is 3. The molecule has 0 spiro atoms. The van der Waals surface area contributed by atoms with Gasteiger partial charge in [-0.05, 0) is 12.1 Å². The Balaban J connectivity index is 2.15. The minimum absolute atomic E-state index is 0.621. The van der Waals surface area contributed by atoms with Crippen LogP contribution < -0.4 is 0 Å². The van der Waals surface area contributed by atoms with E-state index in [2.05, 4.69) is 15.0 Å². The molecule has 0 aliphatic rings. The maximum absolute atomic E-state index is 5.14. The van der Waals surface area contributed by atoms with E-state index in [1.165, 1.54) is 12.7 Å². The first-order valence-corrected chi connectivity index (χ1v) is 3.58. The Hall–Kier alpha value is -1.71. The molecule has 2 aromatic heterocycles. The van der Waals surface area contributed by atoms with Crippen molar-refractivity contribution < 1.29 is 4.42 Å². The minimum Gasteiger partial charge on any atom is -0.469 e. The van der Waals surface area contributed by atoms with Crippen molar-refractivity contribution in [3.8, 4) is 0 Å². The van der Waals surface area contributed by atoms with Crippen LogP contribution >= 0.6 is 0 Å². The molecule has 0 saturated heterocycles. The van der Waals surface area contributed by atoms with Gasteiger partial charge in [0.05, 0.1) is 12.7 Å². The number of rotatable bonds is 2. The monoisotopic (exact) mass is 161 g/mol. The number of hydrogen-bond acceptors (Lipinski definition) is 4. The molecular weight excluding hydrogens is 154 g/mol. The van der Waals surface area contributed by atoms with Crippen LogP contribution in [0.25, 0.3) is 0 Å². The van der Waals surface area contributed by atoms with E-state index in [1.807, 2.05) is 12.1 Å². The molecule has 2 aromatic rings. The van der Waals surface area contributed by atoms with E-state index in [0.717, 1.165) is 11.6 Å². The van der Waals surface area contributed by atoms with Crippen LogP contribution in [-0.4, -0.2) is 15.0 Å². The second-order valence-electron chi connectivity index (χ2n) is 2.31. The summed E-state index contributed by atoms with van der Waals surface area (Å²) in [4.78, 5) is 11.7. The summed E-state index contributed by atoms with van der Waals surface area (Å²) in [5.74, 6) is 1.58. The molecule has 0 N–H and O–H groups in total. The van der Waals surface area contributed by atoms with Crippen LogP contribution in [0, 0.1) is 0 Å². The summed E-state index contributed by atoms with van der Waals surface area (Å²) in [5, 5.41) is 0. The Morgan fingerprint density at radius 3 is 2.75 bits per heavy atom. The molecule has 4 nitrogen and oxygen atoms in total. The highest BCUT2D eigenvalue weighted by molar-refractivity contribution is 5.04. The van der Waals surface area contributed by atoms with Gasteiger partial charge in [-0.3, -0.25) is 0 Å². The molecule has 60 valence electrons. The van der Waals surface area contributed by atoms with Gasteiger partial charge in [0.1, 0.15) is 24.2 Å². The van der Waals surface area contributed by atoms with Gasteiger partial charge in [-0.15, -0.1) is 0 Å². The van der Waals surface area contributed by atoms with E-state index in [-0.39, 0.29) is 0 Å². The molecule has 0 fully saturated rings. The lowest BCUT2D eigenvalue weighted by molar-refractivity contribution is 0.516. The fraction of sp³-hybridized carbons (Fsp3) is 0.125. The maximum atomic E-state index is 5.14. The highest BCUT2D eigenvalue weighted by Crippen LogP contribution is 2.03. The maximum Gasteiger partial charge on any atom is 0.139 e. The second kappa shape index (κ2) is 3.13. The third-order valence-electron chi connectivity index (χ3n) is 1.46. The molecule has 4 heteroatoms. The first-order chi connectivity index (χ1) is 5.95. The van der Waals surface area contributed by atoms with E-state index in [1.54, 1.807) is 6.26 Å². The zero-order chi connectivity index (χ0) is 8.23. The Morgan fingerprint density at radius 2 is 2.08 bits per heavy atom. The first kappa shape index (κ1) is 6.97. The number of furan rings is 1. The summed E-state index contributed by atoms with van der Waals surface area (Å²) in [5.41, 5.74) is 0. The van der Waals surface area contributed by atoms with Crippen LogP contribution in [-0.2, 0) is 6.42 Å². The molecule has 0 aliphatic carbocycles. The first-order valence-electron chi connectivity index (χ1n) is 3.58. The van der Waals surface area contributed by atoms with Crippen molar-refractivity contribution in [1.29, 1.82) is 0 Å². The zero-order valence-corrected chi connectivity index (χ0v) is 6.34. The van der Waals surface area contributed by atoms with Gasteiger partial charge in [0.25, 0.3) is 0 Å². The van der Waals surface area contributed by atoms with Crippen molar-refractivity contribution in [1.82, 2.24) is 15.0 Å². The summed E-state index contributed by atoms with van der Waals surface area (Å²) < 4.78 is 5.14. The summed E-state index contributed by atoms with van der Waals surface area (Å²) >= 11 is 0. The van der Waals surface area contributed by atoms with Gasteiger partial charge in [-0.25, -0.2) is 15.0 Å². The molecule has 2 heterocycles. The van der Waals surface area contributed by atoms with Crippen molar-refractivity contribution >= 4 is 0 Å². The van der Waals surface area contributed by atoms with E-state index >= 15 is 0 Å². The minimum atomic E-state index is 0.621. The lowest BCUT2D eigenvalue weighted by Crippen LogP contribution is -1.94. The quantitative estimate of drug-likeness (QED) is 0.660. The SMILES string of the molecule is c1coc(Cc2ncncn2)c1. The molecule has 0 aliphatic heterocycles. The molecule has 12 heavy (non-hydrogen) atoms. The number of hydrogen-bond donors (Lipinski definition) is 0. The predicted molar refractivity (Wildman–Crippen MR) is 41.3 cm³/mol. The molecule has 0 saturated carbocycles. The van der Waals surface area contributed by atoms with Crippen LogP contribution in [0.3, 0.4) is 0 Å². The average Bonchev–Trinajstić information content (AvgIpc) is 2.59. The van der Waals surface area contributed by atoms with E-state index in [4.69, 9.17) is 4.42 Å². The molecular formula is C8H7N3O. The Kier molecular flexibility index (Phi) is 1.82. The van der Waals surface area contributed by atoms with Gasteiger partial charge in [-0.1, -0.05) is 0 Å². The van der Waals surface area contributed by atoms with Crippen molar-refractivity contribution in [3.05, 3.63) is 42.6 Å². The average molecular weight is 161 g/mol. The molecule has 0 unspecified atom stereocenters. The zero-order valence-electron chi connectivity index (χ0n) is 6.34. The smallest absolute Gasteiger partial charge is 0.139 e. The molecule has 0 bridgehead atoms. The van der Waals surface area contributed by atoms with Gasteiger partial charge in [0.2, 0.25) is 0 Å². The predicted octanol–water partition coefficient (Wildman–Crippen LogP) is 1.06. The summed E-state index contributed by atoms with van der Waals surface area (Å²) in [6.45, 7) is 0. The van der Waals surface area contributed by atoms with E-state index < -0.39 is 0 Å². The fourth-order valence-corrected chi connectivity index (χ4v) is 0.923. The van der Waals surface area contributed by atoms with Crippen molar-refractivity contribution in [2.24, 2.45) is 0 Å². The van der Waals surface area contributed by atoms with Crippen molar-refractivity contribution in [2.45, 2.75) is 6.42 Å². The summed E-state index contributed by atoms with van der Waals surface area (Å²) in [7, 11) is 0. The summed E-state index contributed by atoms with van der Waals surface area (Å²) in [6.07, 6.45) is 5.21. The molecule has 2 rings (SSSR count). The molecule has 0 radical (unpaired) electrons. The van der Waals surface area contributed by atoms with Gasteiger partial charge < -0.3 is 4.42 Å². The van der Waals surface area contributed by atoms with Gasteiger partial charge in [0, 0.05) is 0 Å². The van der Waals surface area contributed by atoms with Crippen LogP contribution in [0.1, 0.15) is 11.6 Å². The van der Waals surface area contributed by atoms with E-state index in [9.17, 15) is 0 Å². The molecule has 0 amide bonds. The van der Waals surface area contributed by atoms with E-state index in [0.29, 0.717) is 6.42 Å². The van der Waals surface area contributed by atoms with Gasteiger partial charge in [0.15, 0.2) is 0 Å². The topological polar surface area (TPSA) is 51.8 Å². The Morgan fingerprint density at radius 1 is 1.25 bits per heavy atom. The lowest BCUT2D eigenvalue weighted by Gasteiger charge is -1.93. The molecule has 0 aromatic carbocycles. The van der Waals surface area contributed by atoms with Crippen molar-refractivity contribution in [2.75, 3.05) is 0 Å². The van der Waals surface area contributed by atoms with Gasteiger partial charge >= 0.3 is 0 Å². The number of aromatic nitrogens is 3. The summed E-state index contributed by atoms with van der Waals surface area (Å²) in [6, 6.07) is 3.74. The third kappa shape index (κ3) is 1.47. The Labute approximate surface area is 69.3 Å². The van der Waals surface area contributed by atoms with Gasteiger partial charge in [-0.2, -0.15) is 0 Å². The lowest BCUT2D eigenvalue weighted by atomic mass is 10.3. The normalized spacial score (nSPS) is 10.0. The van der Waals surface area contributed by atoms with Crippen LogP contribution in [0.15, 0.2) is 35.5 Å². The van der Waals surface area contributed by atoms with Crippen LogP contribution in [0.2, 0.25) is 0 Å². The molecule has 0 atom stereocenters. The van der Waals surface area contributed by atoms with Crippen molar-refractivity contribution in [3.63, 3.8) is 0 Å².